The van der Waals surface area contributed by atoms with Gasteiger partial charge in [-0.3, -0.25) is 19.3 Å². The van der Waals surface area contributed by atoms with Crippen LogP contribution in [0.1, 0.15) is 0 Å². The largest absolute Gasteiger partial charge is 1.00 e. The van der Waals surface area contributed by atoms with Gasteiger partial charge in [-0.1, -0.05) is 0 Å². The Morgan fingerprint density at radius 1 is 0.939 bits per heavy atom. The number of hydrogen-bond acceptors (Lipinski definition) is 10. The third-order valence-electron chi connectivity index (χ3n) is 3.67. The summed E-state index contributed by atoms with van der Waals surface area (Å²) in [5, 5.41) is 11.0. The molecule has 0 aliphatic carbocycles. The molecule has 0 saturated heterocycles. The first-order chi connectivity index (χ1) is 14.9. The minimum Gasteiger partial charge on any atom is -0.494 e. The normalized spacial score (nSPS) is 12.2. The number of hydrazone groups is 1. The zero-order valence-corrected chi connectivity index (χ0v) is 21.1. The molecule has 0 fully saturated rings. The van der Waals surface area contributed by atoms with Crippen molar-refractivity contribution in [1.82, 2.24) is 0 Å². The second kappa shape index (κ2) is 11.5. The van der Waals surface area contributed by atoms with E-state index in [2.05, 4.69) is 20.8 Å². The number of ether oxygens (including phenoxy) is 2. The molecule has 0 spiro atoms. The van der Waals surface area contributed by atoms with Gasteiger partial charge in [0.1, 0.15) is 17.2 Å². The molecule has 33 heavy (non-hydrogen) atoms. The van der Waals surface area contributed by atoms with Crippen molar-refractivity contribution in [3.05, 3.63) is 36.4 Å². The molecule has 5 N–H and O–H groups in total. The predicted octanol–water partition coefficient (Wildman–Crippen LogP) is -1.80. The van der Waals surface area contributed by atoms with Gasteiger partial charge in [0.05, 0.1) is 29.7 Å². The van der Waals surface area contributed by atoms with Crippen molar-refractivity contribution in [3.63, 3.8) is 0 Å². The number of benzene rings is 2. The number of nitrogens with zero attached hydrogens (tertiary/aromatic N) is 3. The second-order valence-corrected chi connectivity index (χ2v) is 8.60. The standard InChI is InChI=1S/C16H17N5O9S2.Na/c1-29-13-7-9(31(23,24)25)3-5-11(13)18-20-16(15(17)22)21-19-12-6-4-10(32(26,27)28)8-14(12)30-2;/h3-8,18H,1-2H3,(H2,17,22)(H,23,24,25)(H,26,27,28);/q;+1/b20-16-,21-19?;. The predicted molar refractivity (Wildman–Crippen MR) is 110 cm³/mol. The van der Waals surface area contributed by atoms with E-state index in [0.717, 1.165) is 30.3 Å². The first-order valence-corrected chi connectivity index (χ1v) is 11.1. The van der Waals surface area contributed by atoms with Gasteiger partial charge in [0.15, 0.2) is 0 Å². The van der Waals surface area contributed by atoms with Gasteiger partial charge in [-0.05, 0) is 24.3 Å². The summed E-state index contributed by atoms with van der Waals surface area (Å²) in [6.07, 6.45) is 0. The van der Waals surface area contributed by atoms with E-state index in [4.69, 9.17) is 24.3 Å². The van der Waals surface area contributed by atoms with Crippen molar-refractivity contribution in [2.45, 2.75) is 9.79 Å². The van der Waals surface area contributed by atoms with Crippen molar-refractivity contribution in [1.29, 1.82) is 0 Å². The molecule has 0 saturated carbocycles. The van der Waals surface area contributed by atoms with E-state index in [9.17, 15) is 21.6 Å². The maximum atomic E-state index is 11.6. The smallest absolute Gasteiger partial charge is 0.494 e. The molecule has 0 aliphatic rings. The van der Waals surface area contributed by atoms with Crippen LogP contribution in [0.2, 0.25) is 0 Å². The Hall–Kier alpha value is -2.60. The molecule has 17 heteroatoms. The van der Waals surface area contributed by atoms with Crippen LogP contribution in [0.25, 0.3) is 0 Å². The van der Waals surface area contributed by atoms with Gasteiger partial charge in [0.25, 0.3) is 32.0 Å². The zero-order chi connectivity index (χ0) is 24.1. The number of anilines is 1. The summed E-state index contributed by atoms with van der Waals surface area (Å²) in [5.41, 5.74) is 7.71. The van der Waals surface area contributed by atoms with E-state index >= 15 is 0 Å². The summed E-state index contributed by atoms with van der Waals surface area (Å²) >= 11 is 0. The van der Waals surface area contributed by atoms with Gasteiger partial charge in [-0.25, -0.2) is 0 Å². The number of methoxy groups -OCH3 is 2. The molecular weight excluding hydrogens is 493 g/mol. The van der Waals surface area contributed by atoms with Crippen LogP contribution in [0, 0.1) is 0 Å². The zero-order valence-electron chi connectivity index (χ0n) is 17.5. The molecule has 2 rings (SSSR count). The fourth-order valence-corrected chi connectivity index (χ4v) is 3.16. The third-order valence-corrected chi connectivity index (χ3v) is 5.37. The van der Waals surface area contributed by atoms with Crippen molar-refractivity contribution in [2.24, 2.45) is 21.1 Å². The number of primary amides is 1. The Balaban J connectivity index is 0.00000544. The van der Waals surface area contributed by atoms with Crippen molar-refractivity contribution < 1.29 is 69.8 Å². The van der Waals surface area contributed by atoms with Gasteiger partial charge < -0.3 is 15.2 Å². The molecule has 2 aromatic rings. The van der Waals surface area contributed by atoms with Crippen molar-refractivity contribution in [2.75, 3.05) is 19.6 Å². The van der Waals surface area contributed by atoms with E-state index in [1.165, 1.54) is 20.3 Å². The average molecular weight is 510 g/mol. The topological polar surface area (TPSA) is 219 Å². The maximum absolute atomic E-state index is 11.6. The number of nitrogens with two attached hydrogens (primary N) is 1. The molecule has 2 aromatic carbocycles. The van der Waals surface area contributed by atoms with Gasteiger partial charge in [-0.15, -0.1) is 15.3 Å². The van der Waals surface area contributed by atoms with Gasteiger partial charge in [0, 0.05) is 12.1 Å². The Morgan fingerprint density at radius 3 is 1.94 bits per heavy atom. The van der Waals surface area contributed by atoms with Crippen LogP contribution >= 0.6 is 0 Å². The van der Waals surface area contributed by atoms with Crippen LogP contribution in [0.5, 0.6) is 11.5 Å². The summed E-state index contributed by atoms with van der Waals surface area (Å²) < 4.78 is 73.1. The molecule has 172 valence electrons. The van der Waals surface area contributed by atoms with Crippen LogP contribution in [0.3, 0.4) is 0 Å². The first kappa shape index (κ1) is 28.4. The molecule has 0 heterocycles. The summed E-state index contributed by atoms with van der Waals surface area (Å²) in [6.45, 7) is 0. The molecule has 0 radical (unpaired) electrons. The number of rotatable bonds is 7. The van der Waals surface area contributed by atoms with Crippen molar-refractivity contribution in [3.8, 4) is 11.5 Å². The fourth-order valence-electron chi connectivity index (χ4n) is 2.17. The van der Waals surface area contributed by atoms with E-state index < -0.39 is 41.8 Å². The second-order valence-electron chi connectivity index (χ2n) is 5.76. The minimum absolute atomic E-state index is 0. The molecule has 0 unspecified atom stereocenters. The van der Waals surface area contributed by atoms with Crippen LogP contribution in [-0.2, 0) is 25.0 Å². The van der Waals surface area contributed by atoms with E-state index in [0.29, 0.717) is 0 Å². The molecule has 0 aromatic heterocycles. The van der Waals surface area contributed by atoms with Crippen molar-refractivity contribution >= 4 is 43.4 Å². The monoisotopic (exact) mass is 510 g/mol. The minimum atomic E-state index is -4.48. The van der Waals surface area contributed by atoms with Crippen LogP contribution in [0.15, 0.2) is 61.5 Å². The van der Waals surface area contributed by atoms with Crippen LogP contribution in [-0.4, -0.2) is 51.9 Å². The Morgan fingerprint density at radius 2 is 1.45 bits per heavy atom. The third kappa shape index (κ3) is 7.74. The van der Waals surface area contributed by atoms with E-state index in [1.807, 2.05) is 0 Å². The first-order valence-electron chi connectivity index (χ1n) is 8.23. The number of amides is 1. The number of carbonyl (C=O) groups is 1. The molecule has 1 amide bonds. The number of carbonyl (C=O) groups excluding carboxylic acids is 1. The molecular formula is C16H17N5NaO9S2+. The fraction of sp³-hybridized carbons (Fsp3) is 0.125. The Kier molecular flexibility index (Phi) is 9.91. The van der Waals surface area contributed by atoms with E-state index in [1.54, 1.807) is 0 Å². The summed E-state index contributed by atoms with van der Waals surface area (Å²) in [7, 11) is -6.50. The Bertz CT molecular complexity index is 1310. The molecule has 0 bridgehead atoms. The van der Waals surface area contributed by atoms with Gasteiger partial charge >= 0.3 is 29.6 Å². The molecule has 0 atom stereocenters. The SMILES string of the molecule is COc1cc(S(=O)(=O)O)ccc1N=N/C(=N\Nc1ccc(S(=O)(=O)O)cc1OC)C(N)=O.[Na+]. The number of azo groups is 1. The van der Waals surface area contributed by atoms with E-state index in [-0.39, 0.29) is 52.4 Å². The quantitative estimate of drug-likeness (QED) is 0.0817. The number of nitrogens with one attached hydrogen (secondary N) is 1. The van der Waals surface area contributed by atoms with Crippen LogP contribution < -0.4 is 50.2 Å². The molecule has 14 nitrogen and oxygen atoms in total. The van der Waals surface area contributed by atoms with Crippen LogP contribution in [0.4, 0.5) is 11.4 Å². The number of amidine groups is 1. The summed E-state index contributed by atoms with van der Waals surface area (Å²) in [5.74, 6) is -1.83. The summed E-state index contributed by atoms with van der Waals surface area (Å²) in [4.78, 5) is 10.8. The molecule has 0 aliphatic heterocycles. The van der Waals surface area contributed by atoms with Gasteiger partial charge in [-0.2, -0.15) is 16.8 Å². The summed E-state index contributed by atoms with van der Waals surface area (Å²) in [6, 6.07) is 6.47. The Labute approximate surface area is 210 Å². The average Bonchev–Trinajstić information content (AvgIpc) is 2.71. The maximum Gasteiger partial charge on any atom is 1.00 e. The van der Waals surface area contributed by atoms with Gasteiger partial charge in [0.2, 0.25) is 0 Å². The number of hydrogen-bond donors (Lipinski definition) is 4.